The van der Waals surface area contributed by atoms with Crippen LogP contribution in [0.4, 0.5) is 0 Å². The molecule has 5 heavy (non-hydrogen) atoms. The van der Waals surface area contributed by atoms with E-state index in [2.05, 4.69) is 0 Å². The molecular formula is Fe2NaO2+. The van der Waals surface area contributed by atoms with Gasteiger partial charge in [-0.3, -0.25) is 0 Å². The van der Waals surface area contributed by atoms with Crippen LogP contribution in [0.15, 0.2) is 0 Å². The van der Waals surface area contributed by atoms with Gasteiger partial charge in [0, 0.05) is 0 Å². The summed E-state index contributed by atoms with van der Waals surface area (Å²) in [4.78, 5) is 0. The predicted molar refractivity (Wildman–Crippen MR) is 1.37 cm³/mol. The van der Waals surface area contributed by atoms with Gasteiger partial charge in [0.2, 0.25) is 0 Å². The summed E-state index contributed by atoms with van der Waals surface area (Å²) in [5.41, 5.74) is 0. The smallest absolute Gasteiger partial charge is 2.00 e. The minimum atomic E-state index is 0. The van der Waals surface area contributed by atoms with E-state index in [0.29, 0.717) is 0 Å². The van der Waals surface area contributed by atoms with E-state index in [0.717, 1.165) is 0 Å². The Morgan fingerprint density at radius 2 is 0.600 bits per heavy atom. The first-order valence-electron chi connectivity index (χ1n) is 0. The van der Waals surface area contributed by atoms with Crippen LogP contribution in [0.2, 0.25) is 0 Å². The van der Waals surface area contributed by atoms with E-state index in [1.54, 1.807) is 0 Å². The molecule has 0 radical (unpaired) electrons. The fourth-order valence-electron chi connectivity index (χ4n) is 0. The minimum absolute atomic E-state index is 0. The quantitative estimate of drug-likeness (QED) is 0.340. The third-order valence-corrected chi connectivity index (χ3v) is 0. The van der Waals surface area contributed by atoms with Crippen molar-refractivity contribution in [3.63, 3.8) is 0 Å². The van der Waals surface area contributed by atoms with E-state index < -0.39 is 0 Å². The van der Waals surface area contributed by atoms with E-state index in [9.17, 15) is 0 Å². The van der Waals surface area contributed by atoms with Crippen molar-refractivity contribution in [1.82, 2.24) is 0 Å². The molecule has 0 saturated heterocycles. The molecule has 0 aromatic rings. The minimum Gasteiger partial charge on any atom is -2.00 e. The van der Waals surface area contributed by atoms with E-state index >= 15 is 0 Å². The zero-order chi connectivity index (χ0) is 0. The van der Waals surface area contributed by atoms with Crippen LogP contribution in [-0.4, -0.2) is 0 Å². The zero-order valence-corrected chi connectivity index (χ0v) is 6.73. The van der Waals surface area contributed by atoms with Crippen LogP contribution in [0.1, 0.15) is 0 Å². The van der Waals surface area contributed by atoms with Crippen LogP contribution in [0.25, 0.3) is 0 Å². The largest absolute Gasteiger partial charge is 2.00 e. The van der Waals surface area contributed by atoms with Gasteiger partial charge in [-0.2, -0.15) is 0 Å². The van der Waals surface area contributed by atoms with Crippen molar-refractivity contribution in [2.75, 3.05) is 0 Å². The van der Waals surface area contributed by atoms with Gasteiger partial charge in [0.15, 0.2) is 0 Å². The summed E-state index contributed by atoms with van der Waals surface area (Å²) in [6.07, 6.45) is 0. The molecule has 28 valence electrons. The first kappa shape index (κ1) is 64.4. The standard InChI is InChI=1S/2Fe.Na.2O/q2*+2;+1;2*-2. The summed E-state index contributed by atoms with van der Waals surface area (Å²) >= 11 is 0. The Kier molecular flexibility index (Phi) is 492. The van der Waals surface area contributed by atoms with Crippen LogP contribution in [0.3, 0.4) is 0 Å². The number of hydrogen-bond donors (Lipinski definition) is 0. The van der Waals surface area contributed by atoms with Crippen LogP contribution in [0, 0.1) is 0 Å². The maximum absolute atomic E-state index is 0. The first-order chi connectivity index (χ1) is 0. The number of rotatable bonds is 0. The first-order valence-corrected chi connectivity index (χ1v) is 0. The third kappa shape index (κ3) is 24.3. The number of hydrogen-bond acceptors (Lipinski definition) is 0. The molecule has 0 unspecified atom stereocenters. The van der Waals surface area contributed by atoms with E-state index in [4.69, 9.17) is 0 Å². The summed E-state index contributed by atoms with van der Waals surface area (Å²) in [7, 11) is 0. The van der Waals surface area contributed by atoms with Crippen molar-refractivity contribution in [3.05, 3.63) is 0 Å². The Morgan fingerprint density at radius 3 is 0.600 bits per heavy atom. The van der Waals surface area contributed by atoms with Gasteiger partial charge in [-0.15, -0.1) is 0 Å². The van der Waals surface area contributed by atoms with Gasteiger partial charge in [-0.25, -0.2) is 0 Å². The van der Waals surface area contributed by atoms with E-state index in [1.807, 2.05) is 0 Å². The van der Waals surface area contributed by atoms with Gasteiger partial charge in [-0.1, -0.05) is 0 Å². The van der Waals surface area contributed by atoms with Crippen molar-refractivity contribution >= 4 is 0 Å². The van der Waals surface area contributed by atoms with Crippen LogP contribution >= 0.6 is 0 Å². The van der Waals surface area contributed by atoms with E-state index in [-0.39, 0.29) is 74.6 Å². The van der Waals surface area contributed by atoms with Gasteiger partial charge in [0.05, 0.1) is 0 Å². The van der Waals surface area contributed by atoms with Gasteiger partial charge in [-0.05, 0) is 0 Å². The van der Waals surface area contributed by atoms with Gasteiger partial charge >= 0.3 is 63.7 Å². The van der Waals surface area contributed by atoms with Crippen molar-refractivity contribution in [1.29, 1.82) is 0 Å². The summed E-state index contributed by atoms with van der Waals surface area (Å²) < 4.78 is 0. The molecule has 0 N–H and O–H groups in total. The average Bonchev–Trinajstić information content (AvgIpc) is 0. The Morgan fingerprint density at radius 1 is 0.600 bits per heavy atom. The molecule has 0 aliphatic carbocycles. The van der Waals surface area contributed by atoms with Gasteiger partial charge in [0.25, 0.3) is 0 Å². The fraction of sp³-hybridized carbons (Fsp3) is 0. The normalized spacial score (nSPS) is 0. The third-order valence-electron chi connectivity index (χ3n) is 0. The molecule has 0 atom stereocenters. The summed E-state index contributed by atoms with van der Waals surface area (Å²) in [5.74, 6) is 0. The molecule has 0 bridgehead atoms. The Bertz CT molecular complexity index is 7.61. The molecule has 0 aliphatic heterocycles. The maximum Gasteiger partial charge on any atom is 2.00 e. The average molecular weight is 167 g/mol. The second-order valence-corrected chi connectivity index (χ2v) is 0. The Labute approximate surface area is 73.9 Å². The second-order valence-electron chi connectivity index (χ2n) is 0. The van der Waals surface area contributed by atoms with Crippen LogP contribution in [0.5, 0.6) is 0 Å². The van der Waals surface area contributed by atoms with Crippen molar-refractivity contribution in [3.8, 4) is 0 Å². The van der Waals surface area contributed by atoms with Crippen molar-refractivity contribution < 1.29 is 74.6 Å². The zero-order valence-electron chi connectivity index (χ0n) is 2.52. The molecule has 0 aromatic heterocycles. The molecule has 0 rings (SSSR count). The Balaban J connectivity index is 0. The molecule has 0 spiro atoms. The second kappa shape index (κ2) is 38.2. The summed E-state index contributed by atoms with van der Waals surface area (Å²) in [6.45, 7) is 0. The molecule has 2 nitrogen and oxygen atoms in total. The molecule has 0 heterocycles. The predicted octanol–water partition coefficient (Wildman–Crippen LogP) is -3.24. The van der Waals surface area contributed by atoms with Gasteiger partial charge < -0.3 is 11.0 Å². The fourth-order valence-corrected chi connectivity index (χ4v) is 0. The molecule has 0 amide bonds. The van der Waals surface area contributed by atoms with E-state index in [1.165, 1.54) is 0 Å². The topological polar surface area (TPSA) is 57.0 Å². The molecule has 0 aromatic carbocycles. The summed E-state index contributed by atoms with van der Waals surface area (Å²) in [6, 6.07) is 0. The Hall–Kier alpha value is 1.96. The SMILES string of the molecule is [Fe+2].[Fe+2].[Na+].[O-2].[O-2]. The van der Waals surface area contributed by atoms with Crippen LogP contribution in [-0.2, 0) is 45.1 Å². The van der Waals surface area contributed by atoms with Crippen molar-refractivity contribution in [2.24, 2.45) is 0 Å². The summed E-state index contributed by atoms with van der Waals surface area (Å²) in [5, 5.41) is 0. The molecule has 0 fully saturated rings. The molecule has 0 aliphatic rings. The molecular weight excluding hydrogens is 167 g/mol. The monoisotopic (exact) mass is 167 g/mol. The maximum atomic E-state index is 0. The molecule has 5 heteroatoms. The van der Waals surface area contributed by atoms with Crippen molar-refractivity contribution in [2.45, 2.75) is 0 Å². The molecule has 0 saturated carbocycles. The van der Waals surface area contributed by atoms with Crippen LogP contribution < -0.4 is 29.6 Å². The van der Waals surface area contributed by atoms with Gasteiger partial charge in [0.1, 0.15) is 0 Å².